The fourth-order valence-corrected chi connectivity index (χ4v) is 3.35. The molecule has 0 bridgehead atoms. The van der Waals surface area contributed by atoms with E-state index in [1.807, 2.05) is 27.7 Å². The Balaban J connectivity index is 2.16. The smallest absolute Gasteiger partial charge is 0.311 e. The van der Waals surface area contributed by atoms with E-state index in [0.717, 1.165) is 5.56 Å². The first kappa shape index (κ1) is 19.6. The molecule has 1 aliphatic rings. The number of carbonyl (C=O) groups is 1. The highest BCUT2D eigenvalue weighted by molar-refractivity contribution is 6.57. The summed E-state index contributed by atoms with van der Waals surface area (Å²) in [7, 11) is 0. The monoisotopic (exact) mass is 377 g/mol. The van der Waals surface area contributed by atoms with Crippen LogP contribution in [0, 0.1) is 28.6 Å². The van der Waals surface area contributed by atoms with Gasteiger partial charge < -0.3 is 4.74 Å². The van der Waals surface area contributed by atoms with Gasteiger partial charge in [-0.05, 0) is 42.9 Å². The highest BCUT2D eigenvalue weighted by Crippen LogP contribution is 2.60. The molecule has 3 atom stereocenters. The van der Waals surface area contributed by atoms with Gasteiger partial charge in [0.25, 0.3) is 0 Å². The van der Waals surface area contributed by atoms with Crippen LogP contribution in [0.4, 0.5) is 0 Å². The van der Waals surface area contributed by atoms with Crippen LogP contribution in [0.3, 0.4) is 0 Å². The summed E-state index contributed by atoms with van der Waals surface area (Å²) in [5, 5.41) is 9.44. The Morgan fingerprint density at radius 1 is 1.36 bits per heavy atom. The molecule has 5 heteroatoms. The summed E-state index contributed by atoms with van der Waals surface area (Å²) in [5.41, 5.74) is 2.35. The fourth-order valence-electron chi connectivity index (χ4n) is 3.09. The zero-order valence-corrected chi connectivity index (χ0v) is 16.2. The first-order chi connectivity index (χ1) is 11.7. The Labute approximate surface area is 158 Å². The molecular formula is C20H21Cl2NO2. The van der Waals surface area contributed by atoms with Crippen LogP contribution >= 0.6 is 23.2 Å². The summed E-state index contributed by atoms with van der Waals surface area (Å²) in [6.07, 6.45) is 2.71. The van der Waals surface area contributed by atoms with E-state index in [-0.39, 0.29) is 27.7 Å². The van der Waals surface area contributed by atoms with Crippen LogP contribution in [0.25, 0.3) is 6.08 Å². The van der Waals surface area contributed by atoms with Gasteiger partial charge in [-0.15, -0.1) is 0 Å². The van der Waals surface area contributed by atoms with Gasteiger partial charge in [-0.3, -0.25) is 4.79 Å². The average Bonchev–Trinajstić information content (AvgIpc) is 3.04. The molecule has 1 aliphatic carbocycles. The number of hydrogen-bond donors (Lipinski definition) is 0. The van der Waals surface area contributed by atoms with Crippen molar-refractivity contribution in [3.05, 3.63) is 51.5 Å². The first-order valence-corrected chi connectivity index (χ1v) is 8.80. The highest BCUT2D eigenvalue weighted by atomic mass is 35.5. The molecule has 0 saturated heterocycles. The summed E-state index contributed by atoms with van der Waals surface area (Å²) in [5.74, 6) is -0.414. The van der Waals surface area contributed by atoms with Gasteiger partial charge in [-0.2, -0.15) is 5.26 Å². The predicted molar refractivity (Wildman–Crippen MR) is 101 cm³/mol. The van der Waals surface area contributed by atoms with Crippen LogP contribution in [0.1, 0.15) is 44.9 Å². The van der Waals surface area contributed by atoms with Crippen molar-refractivity contribution in [2.24, 2.45) is 17.3 Å². The van der Waals surface area contributed by atoms with Gasteiger partial charge in [0.15, 0.2) is 0 Å². The van der Waals surface area contributed by atoms with E-state index in [2.05, 4.69) is 12.1 Å². The average molecular weight is 378 g/mol. The van der Waals surface area contributed by atoms with Crippen molar-refractivity contribution in [1.29, 1.82) is 5.26 Å². The molecule has 132 valence electrons. The number of hydrogen-bond acceptors (Lipinski definition) is 3. The summed E-state index contributed by atoms with van der Waals surface area (Å²) >= 11 is 11.3. The lowest BCUT2D eigenvalue weighted by Crippen LogP contribution is -2.14. The summed E-state index contributed by atoms with van der Waals surface area (Å²) < 4.78 is 5.62. The molecule has 0 radical (unpaired) electrons. The van der Waals surface area contributed by atoms with Gasteiger partial charge in [-0.25, -0.2) is 0 Å². The molecular weight excluding hydrogens is 357 g/mol. The lowest BCUT2D eigenvalue weighted by atomic mass is 10.1. The van der Waals surface area contributed by atoms with E-state index in [0.29, 0.717) is 5.56 Å². The van der Waals surface area contributed by atoms with Crippen molar-refractivity contribution in [1.82, 2.24) is 0 Å². The number of carbonyl (C=O) groups excluding carboxylic acids is 1. The van der Waals surface area contributed by atoms with E-state index in [4.69, 9.17) is 27.9 Å². The standard InChI is InChI=1S/C20H21Cl2NO2/c1-12(2)8-15-18(20(15,3)4)19(24)25-16(11-23)14-7-5-6-13(9-14)10-17(21)22/h5-10,15-16,18H,1-4H3. The minimum absolute atomic E-state index is 0.118. The third-order valence-corrected chi connectivity index (χ3v) is 4.74. The minimum Gasteiger partial charge on any atom is -0.442 e. The summed E-state index contributed by atoms with van der Waals surface area (Å²) in [4.78, 5) is 12.6. The van der Waals surface area contributed by atoms with E-state index in [9.17, 15) is 10.1 Å². The fraction of sp³-hybridized carbons (Fsp3) is 0.400. The third kappa shape index (κ3) is 4.66. The van der Waals surface area contributed by atoms with E-state index >= 15 is 0 Å². The normalized spacial score (nSPS) is 21.5. The summed E-state index contributed by atoms with van der Waals surface area (Å²) in [6, 6.07) is 9.10. The van der Waals surface area contributed by atoms with Crippen molar-refractivity contribution in [3.8, 4) is 6.07 Å². The summed E-state index contributed by atoms with van der Waals surface area (Å²) in [6.45, 7) is 8.10. The van der Waals surface area contributed by atoms with Gasteiger partial charge in [0, 0.05) is 5.56 Å². The molecule has 3 unspecified atom stereocenters. The van der Waals surface area contributed by atoms with Crippen molar-refractivity contribution in [3.63, 3.8) is 0 Å². The van der Waals surface area contributed by atoms with Gasteiger partial charge in [0.2, 0.25) is 6.10 Å². The lowest BCUT2D eigenvalue weighted by molar-refractivity contribution is -0.149. The highest BCUT2D eigenvalue weighted by Gasteiger charge is 2.61. The number of nitrogens with zero attached hydrogens (tertiary/aromatic N) is 1. The molecule has 1 fully saturated rings. The first-order valence-electron chi connectivity index (χ1n) is 8.04. The Morgan fingerprint density at radius 3 is 2.60 bits per heavy atom. The van der Waals surface area contributed by atoms with Crippen molar-refractivity contribution < 1.29 is 9.53 Å². The number of allylic oxidation sites excluding steroid dienone is 2. The molecule has 3 nitrogen and oxygen atoms in total. The molecule has 1 aromatic rings. The Kier molecular flexibility index (Phi) is 5.98. The van der Waals surface area contributed by atoms with Crippen LogP contribution in [0.2, 0.25) is 0 Å². The van der Waals surface area contributed by atoms with Gasteiger partial charge in [0.05, 0.1) is 5.92 Å². The SMILES string of the molecule is CC(C)=CC1C(C(=O)OC(C#N)c2cccc(C=C(Cl)Cl)c2)C1(C)C. The second-order valence-electron chi connectivity index (χ2n) is 7.12. The maximum Gasteiger partial charge on any atom is 0.311 e. The zero-order valence-electron chi connectivity index (χ0n) is 14.7. The number of nitriles is 1. The molecule has 0 aromatic heterocycles. The number of halogens is 2. The van der Waals surface area contributed by atoms with Crippen molar-refractivity contribution >= 4 is 35.2 Å². The predicted octanol–water partition coefficient (Wildman–Crippen LogP) is 5.81. The van der Waals surface area contributed by atoms with Gasteiger partial charge in [0.1, 0.15) is 10.6 Å². The molecule has 1 saturated carbocycles. The molecule has 0 amide bonds. The van der Waals surface area contributed by atoms with Crippen molar-refractivity contribution in [2.75, 3.05) is 0 Å². The second kappa shape index (κ2) is 7.64. The maximum absolute atomic E-state index is 12.6. The zero-order chi connectivity index (χ0) is 18.8. The topological polar surface area (TPSA) is 50.1 Å². The molecule has 0 N–H and O–H groups in total. The van der Waals surface area contributed by atoms with Crippen LogP contribution in [0.15, 0.2) is 40.4 Å². The largest absolute Gasteiger partial charge is 0.442 e. The molecule has 25 heavy (non-hydrogen) atoms. The van der Waals surface area contributed by atoms with Crippen LogP contribution in [-0.2, 0) is 9.53 Å². The Morgan fingerprint density at radius 2 is 2.04 bits per heavy atom. The van der Waals surface area contributed by atoms with Crippen molar-refractivity contribution in [2.45, 2.75) is 33.8 Å². The Hall–Kier alpha value is -1.76. The van der Waals surface area contributed by atoms with Crippen LogP contribution in [0.5, 0.6) is 0 Å². The molecule has 0 heterocycles. The maximum atomic E-state index is 12.6. The quantitative estimate of drug-likeness (QED) is 0.480. The number of ether oxygens (including phenoxy) is 1. The second-order valence-corrected chi connectivity index (χ2v) is 8.13. The van der Waals surface area contributed by atoms with E-state index < -0.39 is 6.10 Å². The van der Waals surface area contributed by atoms with Gasteiger partial charge in [-0.1, -0.05) is 66.9 Å². The molecule has 1 aromatic carbocycles. The number of benzene rings is 1. The minimum atomic E-state index is -0.960. The van der Waals surface area contributed by atoms with Crippen LogP contribution in [-0.4, -0.2) is 5.97 Å². The number of rotatable bonds is 5. The lowest BCUT2D eigenvalue weighted by Gasteiger charge is -2.12. The van der Waals surface area contributed by atoms with E-state index in [1.54, 1.807) is 30.3 Å². The third-order valence-electron chi connectivity index (χ3n) is 4.52. The van der Waals surface area contributed by atoms with E-state index in [1.165, 1.54) is 5.57 Å². The molecule has 2 rings (SSSR count). The van der Waals surface area contributed by atoms with Gasteiger partial charge >= 0.3 is 5.97 Å². The van der Waals surface area contributed by atoms with Crippen LogP contribution < -0.4 is 0 Å². The molecule has 0 aliphatic heterocycles. The Bertz CT molecular complexity index is 766. The molecule has 0 spiro atoms. The number of esters is 1.